The SMILES string of the molecule is Nc1ccc(N=Nc2ccc(N=Nc3cc(S(=O)(=O)O)c4cc(S(O)(O)O)cc(S(=O)(=O)O)c4c3)cc2)cc1. The third-order valence-electron chi connectivity index (χ3n) is 5.13. The molecular formula is C22H19N5O9S3. The molecule has 0 saturated heterocycles. The molecule has 0 heterocycles. The molecule has 7 N–H and O–H groups in total. The first-order valence-electron chi connectivity index (χ1n) is 10.5. The Bertz CT molecular complexity index is 1840. The number of benzene rings is 4. The average Bonchev–Trinajstić information content (AvgIpc) is 2.85. The highest BCUT2D eigenvalue weighted by molar-refractivity contribution is 8.19. The molecule has 0 aliphatic heterocycles. The molecule has 17 heteroatoms. The van der Waals surface area contributed by atoms with Gasteiger partial charge in [0.15, 0.2) is 0 Å². The summed E-state index contributed by atoms with van der Waals surface area (Å²) in [7, 11) is -14.7. The van der Waals surface area contributed by atoms with Gasteiger partial charge in [-0.2, -0.15) is 37.3 Å². The number of rotatable bonds is 7. The van der Waals surface area contributed by atoms with Crippen molar-refractivity contribution in [2.75, 3.05) is 5.73 Å². The fraction of sp³-hybridized carbons (Fsp3) is 0. The largest absolute Gasteiger partial charge is 0.399 e. The predicted molar refractivity (Wildman–Crippen MR) is 143 cm³/mol. The summed E-state index contributed by atoms with van der Waals surface area (Å²) in [6.07, 6.45) is 0. The van der Waals surface area contributed by atoms with Crippen molar-refractivity contribution in [3.8, 4) is 0 Å². The molecule has 0 radical (unpaired) electrons. The molecule has 0 unspecified atom stereocenters. The number of azo groups is 2. The second kappa shape index (κ2) is 10.4. The minimum Gasteiger partial charge on any atom is -0.399 e. The summed E-state index contributed by atoms with van der Waals surface area (Å²) in [5.41, 5.74) is 7.32. The zero-order chi connectivity index (χ0) is 28.6. The topological polar surface area (TPSA) is 245 Å². The van der Waals surface area contributed by atoms with Crippen molar-refractivity contribution in [3.05, 3.63) is 72.8 Å². The lowest BCUT2D eigenvalue weighted by molar-refractivity contribution is 0.376. The Hall–Kier alpha value is -3.81. The van der Waals surface area contributed by atoms with Gasteiger partial charge in [0.05, 0.1) is 27.6 Å². The standard InChI is InChI=1S/C22H19N5O9S3/c23-13-1-3-14(4-2-13)24-25-15-5-7-16(8-6-15)26-27-17-9-19-20(21(10-17)38(31,32)33)11-18(37(28,29)30)12-22(19)39(34,35)36/h1-12,28-30H,23H2,(H,31,32,33)(H,34,35,36). The van der Waals surface area contributed by atoms with Gasteiger partial charge in [-0.3, -0.25) is 9.11 Å². The van der Waals surface area contributed by atoms with Crippen molar-refractivity contribution in [1.82, 2.24) is 0 Å². The van der Waals surface area contributed by atoms with Crippen LogP contribution in [0.3, 0.4) is 0 Å². The molecule has 0 spiro atoms. The molecule has 39 heavy (non-hydrogen) atoms. The molecule has 0 fully saturated rings. The Labute approximate surface area is 223 Å². The van der Waals surface area contributed by atoms with Crippen LogP contribution >= 0.6 is 10.9 Å². The summed E-state index contributed by atoms with van der Waals surface area (Å²) in [6.45, 7) is 0. The maximum atomic E-state index is 12.1. The number of hydrogen-bond acceptors (Lipinski definition) is 12. The third-order valence-corrected chi connectivity index (χ3v) is 7.78. The Balaban J connectivity index is 1.74. The summed E-state index contributed by atoms with van der Waals surface area (Å²) < 4.78 is 96.3. The lowest BCUT2D eigenvalue weighted by Gasteiger charge is -2.21. The van der Waals surface area contributed by atoms with E-state index in [0.29, 0.717) is 23.1 Å². The van der Waals surface area contributed by atoms with E-state index in [2.05, 4.69) is 20.5 Å². The number of nitrogens with zero attached hydrogens (tertiary/aromatic N) is 4. The van der Waals surface area contributed by atoms with Gasteiger partial charge in [0.1, 0.15) is 20.7 Å². The summed E-state index contributed by atoms with van der Waals surface area (Å²) in [6, 6.07) is 16.1. The molecule has 4 aromatic rings. The van der Waals surface area contributed by atoms with E-state index in [-0.39, 0.29) is 11.4 Å². The van der Waals surface area contributed by atoms with Crippen LogP contribution in [0.4, 0.5) is 28.4 Å². The summed E-state index contributed by atoms with van der Waals surface area (Å²) in [5.74, 6) is 0. The van der Waals surface area contributed by atoms with E-state index in [4.69, 9.17) is 5.73 Å². The van der Waals surface area contributed by atoms with Gasteiger partial charge in [-0.05, 0) is 72.8 Å². The average molecular weight is 594 g/mol. The quantitative estimate of drug-likeness (QED) is 0.0789. The molecular weight excluding hydrogens is 574 g/mol. The maximum absolute atomic E-state index is 12.1. The minimum atomic E-state index is -5.09. The smallest absolute Gasteiger partial charge is 0.295 e. The molecule has 0 aliphatic rings. The second-order valence-corrected chi connectivity index (χ2v) is 12.2. The predicted octanol–water partition coefficient (Wildman–Crippen LogP) is 6.33. The highest BCUT2D eigenvalue weighted by atomic mass is 32.3. The van der Waals surface area contributed by atoms with Crippen LogP contribution in [-0.4, -0.2) is 39.6 Å². The fourth-order valence-corrected chi connectivity index (χ4v) is 5.42. The number of nitrogens with two attached hydrogens (primary N) is 1. The molecule has 0 saturated carbocycles. The monoisotopic (exact) mass is 593 g/mol. The van der Waals surface area contributed by atoms with Gasteiger partial charge >= 0.3 is 0 Å². The third kappa shape index (κ3) is 6.80. The van der Waals surface area contributed by atoms with Gasteiger partial charge in [-0.25, -0.2) is 0 Å². The van der Waals surface area contributed by atoms with Crippen LogP contribution in [-0.2, 0) is 20.2 Å². The van der Waals surface area contributed by atoms with E-state index in [1.165, 1.54) is 12.1 Å². The molecule has 0 bridgehead atoms. The van der Waals surface area contributed by atoms with Gasteiger partial charge < -0.3 is 19.4 Å². The van der Waals surface area contributed by atoms with Crippen LogP contribution in [0.25, 0.3) is 10.8 Å². The lowest BCUT2D eigenvalue weighted by Crippen LogP contribution is -2.06. The van der Waals surface area contributed by atoms with Crippen molar-refractivity contribution in [3.63, 3.8) is 0 Å². The van der Waals surface area contributed by atoms with Crippen molar-refractivity contribution in [2.45, 2.75) is 14.7 Å². The van der Waals surface area contributed by atoms with Crippen LogP contribution in [0.1, 0.15) is 0 Å². The highest BCUT2D eigenvalue weighted by Crippen LogP contribution is 2.47. The van der Waals surface area contributed by atoms with Crippen LogP contribution in [0.2, 0.25) is 0 Å². The fourth-order valence-electron chi connectivity index (χ4n) is 3.36. The summed E-state index contributed by atoms with van der Waals surface area (Å²) >= 11 is 0. The van der Waals surface area contributed by atoms with Gasteiger partial charge in [0, 0.05) is 16.5 Å². The van der Waals surface area contributed by atoms with Gasteiger partial charge in [-0.15, -0.1) is 0 Å². The first-order valence-corrected chi connectivity index (χ1v) is 14.9. The normalized spacial score (nSPS) is 13.5. The van der Waals surface area contributed by atoms with Crippen molar-refractivity contribution < 1.29 is 39.6 Å². The van der Waals surface area contributed by atoms with Crippen molar-refractivity contribution in [2.24, 2.45) is 20.5 Å². The Morgan fingerprint density at radius 3 is 1.33 bits per heavy atom. The van der Waals surface area contributed by atoms with E-state index in [1.807, 2.05) is 0 Å². The van der Waals surface area contributed by atoms with Gasteiger partial charge in [0.25, 0.3) is 20.2 Å². The van der Waals surface area contributed by atoms with Gasteiger partial charge in [0.2, 0.25) is 0 Å². The van der Waals surface area contributed by atoms with E-state index in [9.17, 15) is 39.6 Å². The van der Waals surface area contributed by atoms with Crippen molar-refractivity contribution in [1.29, 1.82) is 0 Å². The zero-order valence-electron chi connectivity index (χ0n) is 19.4. The van der Waals surface area contributed by atoms with E-state index >= 15 is 0 Å². The summed E-state index contributed by atoms with van der Waals surface area (Å²) in [4.78, 5) is -2.67. The van der Waals surface area contributed by atoms with Crippen LogP contribution in [0.5, 0.6) is 0 Å². The molecule has 4 rings (SSSR count). The van der Waals surface area contributed by atoms with Crippen molar-refractivity contribution >= 4 is 70.3 Å². The Morgan fingerprint density at radius 1 is 0.513 bits per heavy atom. The Kier molecular flexibility index (Phi) is 7.52. The molecule has 0 aliphatic carbocycles. The van der Waals surface area contributed by atoms with Crippen LogP contribution in [0, 0.1) is 0 Å². The van der Waals surface area contributed by atoms with Crippen LogP contribution < -0.4 is 5.73 Å². The Morgan fingerprint density at radius 2 is 0.897 bits per heavy atom. The second-order valence-electron chi connectivity index (χ2n) is 7.94. The summed E-state index contributed by atoms with van der Waals surface area (Å²) in [5, 5.41) is 15.0. The minimum absolute atomic E-state index is 0.240. The number of fused-ring (bicyclic) bond motifs is 1. The molecule has 204 valence electrons. The number of anilines is 1. The lowest BCUT2D eigenvalue weighted by atomic mass is 10.1. The number of nitrogen functional groups attached to an aromatic ring is 1. The van der Waals surface area contributed by atoms with E-state index < -0.39 is 56.6 Å². The number of hydrogen-bond donors (Lipinski definition) is 6. The van der Waals surface area contributed by atoms with Gasteiger partial charge in [-0.1, -0.05) is 0 Å². The molecule has 0 amide bonds. The maximum Gasteiger partial charge on any atom is 0.295 e. The van der Waals surface area contributed by atoms with Crippen LogP contribution in [0.15, 0.2) is 108 Å². The first kappa shape index (κ1) is 28.2. The first-order chi connectivity index (χ1) is 18.1. The molecule has 14 nitrogen and oxygen atoms in total. The zero-order valence-corrected chi connectivity index (χ0v) is 21.8. The molecule has 0 aromatic heterocycles. The molecule has 4 aromatic carbocycles. The highest BCUT2D eigenvalue weighted by Gasteiger charge is 2.26. The van der Waals surface area contributed by atoms with E-state index in [0.717, 1.165) is 18.2 Å². The van der Waals surface area contributed by atoms with E-state index in [1.54, 1.807) is 36.4 Å². The molecule has 0 atom stereocenters.